The topological polar surface area (TPSA) is 122 Å². The van der Waals surface area contributed by atoms with Crippen molar-refractivity contribution in [1.82, 2.24) is 19.5 Å². The summed E-state index contributed by atoms with van der Waals surface area (Å²) in [7, 11) is -2.46. The number of likely N-dealkylation sites (tertiary alicyclic amines) is 1. The fraction of sp³-hybridized carbons (Fsp3) is 0.500. The van der Waals surface area contributed by atoms with E-state index in [-0.39, 0.29) is 47.2 Å². The highest BCUT2D eigenvalue weighted by atomic mass is 32.2. The lowest BCUT2D eigenvalue weighted by molar-refractivity contribution is -0.135. The summed E-state index contributed by atoms with van der Waals surface area (Å²) in [5.74, 6) is -1.27. The molecule has 2 unspecified atom stereocenters. The number of sulfonamides is 1. The monoisotopic (exact) mass is 519 g/mol. The lowest BCUT2D eigenvalue weighted by Gasteiger charge is -2.26. The standard InChI is InChI=1S/C24H30FN5O5S/c1-14-9-17(3-4-18(14)25)27-23(31)21-22-20(12-29(21)2)36(33,34)28-19-11-30(10-16(19)13-35-22)24(32)15-5-7-26-8-6-15/h3-4,9,12,15-16,19,26,28H,5-8,10-11,13H2,1-2H3,(H,27,31). The molecule has 10 nitrogen and oxygen atoms in total. The van der Waals surface area contributed by atoms with Crippen LogP contribution in [0.3, 0.4) is 0 Å². The summed E-state index contributed by atoms with van der Waals surface area (Å²) in [4.78, 5) is 27.8. The fourth-order valence-corrected chi connectivity index (χ4v) is 6.71. The van der Waals surface area contributed by atoms with Gasteiger partial charge in [0.15, 0.2) is 11.4 Å². The number of hydrogen-bond donors (Lipinski definition) is 3. The van der Waals surface area contributed by atoms with Crippen LogP contribution in [0.15, 0.2) is 29.3 Å². The van der Waals surface area contributed by atoms with Crippen molar-refractivity contribution in [3.05, 3.63) is 41.5 Å². The van der Waals surface area contributed by atoms with E-state index in [1.54, 1.807) is 18.9 Å². The van der Waals surface area contributed by atoms with Gasteiger partial charge in [-0.3, -0.25) is 9.59 Å². The Labute approximate surface area is 209 Å². The van der Waals surface area contributed by atoms with E-state index in [9.17, 15) is 22.4 Å². The van der Waals surface area contributed by atoms with Gasteiger partial charge >= 0.3 is 0 Å². The van der Waals surface area contributed by atoms with Crippen LogP contribution in [-0.2, 0) is 21.9 Å². The molecule has 2 amide bonds. The van der Waals surface area contributed by atoms with E-state index in [2.05, 4.69) is 15.4 Å². The van der Waals surface area contributed by atoms with Gasteiger partial charge < -0.3 is 24.8 Å². The van der Waals surface area contributed by atoms with E-state index in [1.165, 1.54) is 29.0 Å². The molecule has 5 rings (SSSR count). The van der Waals surface area contributed by atoms with Crippen LogP contribution in [0.25, 0.3) is 0 Å². The predicted molar refractivity (Wildman–Crippen MR) is 130 cm³/mol. The minimum Gasteiger partial charge on any atom is -0.489 e. The van der Waals surface area contributed by atoms with Gasteiger partial charge in [-0.05, 0) is 56.6 Å². The quantitative estimate of drug-likeness (QED) is 0.561. The zero-order chi connectivity index (χ0) is 25.6. The van der Waals surface area contributed by atoms with Crippen LogP contribution in [0, 0.1) is 24.6 Å². The van der Waals surface area contributed by atoms with Crippen molar-refractivity contribution in [3.8, 4) is 5.75 Å². The average molecular weight is 520 g/mol. The Morgan fingerprint density at radius 2 is 1.94 bits per heavy atom. The minimum absolute atomic E-state index is 0.0384. The first-order valence-corrected chi connectivity index (χ1v) is 13.5. The molecule has 3 N–H and O–H groups in total. The SMILES string of the molecule is Cc1cc(NC(=O)c2c3c(cn2C)S(=O)(=O)NC2CN(C(=O)C4CCNCC4)CC2CO3)ccc1F. The summed E-state index contributed by atoms with van der Waals surface area (Å²) in [6, 6.07) is 3.70. The number of rotatable bonds is 3. The van der Waals surface area contributed by atoms with Crippen LogP contribution in [0.1, 0.15) is 28.9 Å². The van der Waals surface area contributed by atoms with E-state index >= 15 is 0 Å². The Morgan fingerprint density at radius 1 is 1.19 bits per heavy atom. The van der Waals surface area contributed by atoms with E-state index in [0.717, 1.165) is 25.9 Å². The molecular weight excluding hydrogens is 489 g/mol. The summed E-state index contributed by atoms with van der Waals surface area (Å²) in [5.41, 5.74) is 0.786. The molecule has 12 heteroatoms. The highest BCUT2D eigenvalue weighted by Gasteiger charge is 2.43. The first-order chi connectivity index (χ1) is 17.1. The minimum atomic E-state index is -4.02. The smallest absolute Gasteiger partial charge is 0.276 e. The largest absolute Gasteiger partial charge is 0.489 e. The number of carbonyl (C=O) groups is 2. The number of halogens is 1. The van der Waals surface area contributed by atoms with Gasteiger partial charge in [-0.1, -0.05) is 0 Å². The van der Waals surface area contributed by atoms with Gasteiger partial charge in [0.05, 0.1) is 6.61 Å². The van der Waals surface area contributed by atoms with Gasteiger partial charge in [0.1, 0.15) is 10.7 Å². The maximum Gasteiger partial charge on any atom is 0.276 e. The maximum atomic E-state index is 13.6. The lowest BCUT2D eigenvalue weighted by atomic mass is 9.97. The van der Waals surface area contributed by atoms with E-state index in [0.29, 0.717) is 17.8 Å². The Balaban J connectivity index is 1.38. The van der Waals surface area contributed by atoms with Crippen LogP contribution >= 0.6 is 0 Å². The Hall–Kier alpha value is -2.96. The van der Waals surface area contributed by atoms with Crippen molar-refractivity contribution in [3.63, 3.8) is 0 Å². The van der Waals surface area contributed by atoms with Crippen LogP contribution < -0.4 is 20.1 Å². The normalized spacial score (nSPS) is 23.7. The van der Waals surface area contributed by atoms with Gasteiger partial charge in [-0.25, -0.2) is 17.5 Å². The molecule has 2 fully saturated rings. The number of aromatic nitrogens is 1. The van der Waals surface area contributed by atoms with Crippen LogP contribution in [0.4, 0.5) is 10.1 Å². The summed E-state index contributed by atoms with van der Waals surface area (Å²) in [6.07, 6.45) is 2.88. The zero-order valence-electron chi connectivity index (χ0n) is 20.2. The number of hydrogen-bond acceptors (Lipinski definition) is 6. The summed E-state index contributed by atoms with van der Waals surface area (Å²) < 4.78 is 50.4. The number of nitrogens with one attached hydrogen (secondary N) is 3. The molecule has 3 aliphatic heterocycles. The van der Waals surface area contributed by atoms with Gasteiger partial charge in [-0.2, -0.15) is 0 Å². The van der Waals surface area contributed by atoms with E-state index in [4.69, 9.17) is 4.74 Å². The molecule has 1 aromatic heterocycles. The van der Waals surface area contributed by atoms with Crippen molar-refractivity contribution in [2.75, 3.05) is 38.1 Å². The molecule has 2 atom stereocenters. The van der Waals surface area contributed by atoms with Crippen molar-refractivity contribution in [2.24, 2.45) is 18.9 Å². The molecule has 4 heterocycles. The number of piperidine rings is 1. The molecular formula is C24H30FN5O5S. The number of fused-ring (bicyclic) bond motifs is 2. The van der Waals surface area contributed by atoms with Crippen molar-refractivity contribution in [2.45, 2.75) is 30.7 Å². The number of amides is 2. The number of nitrogens with zero attached hydrogens (tertiary/aromatic N) is 2. The third kappa shape index (κ3) is 4.60. The predicted octanol–water partition coefficient (Wildman–Crippen LogP) is 1.22. The molecule has 2 aromatic rings. The Bertz CT molecular complexity index is 1300. The molecule has 2 saturated heterocycles. The molecule has 0 bridgehead atoms. The Kier molecular flexibility index (Phi) is 6.52. The highest BCUT2D eigenvalue weighted by molar-refractivity contribution is 7.89. The molecule has 3 aliphatic rings. The van der Waals surface area contributed by atoms with E-state index in [1.807, 2.05) is 0 Å². The molecule has 0 saturated carbocycles. The van der Waals surface area contributed by atoms with Crippen LogP contribution in [-0.4, -0.2) is 68.5 Å². The molecule has 194 valence electrons. The summed E-state index contributed by atoms with van der Waals surface area (Å²) in [5, 5.41) is 5.94. The Morgan fingerprint density at radius 3 is 2.67 bits per heavy atom. The molecule has 36 heavy (non-hydrogen) atoms. The molecule has 1 aromatic carbocycles. The zero-order valence-corrected chi connectivity index (χ0v) is 21.0. The first-order valence-electron chi connectivity index (χ1n) is 12.1. The number of benzene rings is 1. The fourth-order valence-electron chi connectivity index (χ4n) is 5.22. The number of carbonyl (C=O) groups excluding carboxylic acids is 2. The maximum absolute atomic E-state index is 13.6. The number of anilines is 1. The third-order valence-corrected chi connectivity index (χ3v) is 8.70. The number of ether oxygens (including phenoxy) is 1. The number of aryl methyl sites for hydroxylation is 2. The average Bonchev–Trinajstić information content (AvgIpc) is 3.39. The van der Waals surface area contributed by atoms with Crippen LogP contribution in [0.5, 0.6) is 5.75 Å². The highest BCUT2D eigenvalue weighted by Crippen LogP contribution is 2.35. The third-order valence-electron chi connectivity index (χ3n) is 7.21. The van der Waals surface area contributed by atoms with Crippen molar-refractivity contribution < 1.29 is 27.1 Å². The van der Waals surface area contributed by atoms with E-state index < -0.39 is 27.8 Å². The van der Waals surface area contributed by atoms with Crippen LogP contribution in [0.2, 0.25) is 0 Å². The lowest BCUT2D eigenvalue weighted by Crippen LogP contribution is -2.44. The molecule has 0 radical (unpaired) electrons. The summed E-state index contributed by atoms with van der Waals surface area (Å²) in [6.45, 7) is 4.00. The van der Waals surface area contributed by atoms with Gasteiger partial charge in [0.25, 0.3) is 5.91 Å². The second-order valence-corrected chi connectivity index (χ2v) is 11.4. The summed E-state index contributed by atoms with van der Waals surface area (Å²) >= 11 is 0. The van der Waals surface area contributed by atoms with Gasteiger partial charge in [0, 0.05) is 49.9 Å². The molecule has 0 aliphatic carbocycles. The second kappa shape index (κ2) is 9.49. The second-order valence-electron chi connectivity index (χ2n) is 9.77. The molecule has 0 spiro atoms. The van der Waals surface area contributed by atoms with Gasteiger partial charge in [-0.15, -0.1) is 0 Å². The van der Waals surface area contributed by atoms with Gasteiger partial charge in [0.2, 0.25) is 15.9 Å². The van der Waals surface area contributed by atoms with Crippen molar-refractivity contribution in [1.29, 1.82) is 0 Å². The van der Waals surface area contributed by atoms with Crippen molar-refractivity contribution >= 4 is 27.5 Å². The first kappa shape index (κ1) is 24.7.